The maximum Gasteiger partial charge on any atom is 0.255 e. The first kappa shape index (κ1) is 22.7. The molecule has 1 aliphatic heterocycles. The van der Waals surface area contributed by atoms with Crippen LogP contribution in [0.4, 0.5) is 5.69 Å². The van der Waals surface area contributed by atoms with Gasteiger partial charge in [-0.15, -0.1) is 0 Å². The van der Waals surface area contributed by atoms with Crippen molar-refractivity contribution < 1.29 is 9.53 Å². The van der Waals surface area contributed by atoms with E-state index in [2.05, 4.69) is 46.6 Å². The fourth-order valence-corrected chi connectivity index (χ4v) is 4.61. The topological polar surface area (TPSA) is 59.4 Å². The number of carbonyl (C=O) groups excluding carboxylic acids is 1. The van der Waals surface area contributed by atoms with E-state index in [0.717, 1.165) is 36.4 Å². The maximum absolute atomic E-state index is 13.3. The van der Waals surface area contributed by atoms with Crippen LogP contribution in [-0.4, -0.2) is 42.4 Å². The van der Waals surface area contributed by atoms with Crippen LogP contribution in [0.25, 0.3) is 11.3 Å². The van der Waals surface area contributed by atoms with Crippen LogP contribution >= 0.6 is 0 Å². The molecule has 0 radical (unpaired) electrons. The first-order chi connectivity index (χ1) is 17.2. The lowest BCUT2D eigenvalue weighted by molar-refractivity contribution is 0.0949. The van der Waals surface area contributed by atoms with Crippen LogP contribution in [0.3, 0.4) is 0 Å². The average Bonchev–Trinajstić information content (AvgIpc) is 3.56. The number of nitrogens with one attached hydrogen (secondary N) is 1. The predicted octanol–water partition coefficient (Wildman–Crippen LogP) is 4.86. The third-order valence-electron chi connectivity index (χ3n) is 6.52. The molecular formula is C29H30N4O2. The van der Waals surface area contributed by atoms with Crippen molar-refractivity contribution in [2.75, 3.05) is 31.6 Å². The molecular weight excluding hydrogens is 436 g/mol. The summed E-state index contributed by atoms with van der Waals surface area (Å²) in [5.41, 5.74) is 4.53. The molecule has 3 aromatic carbocycles. The summed E-state index contributed by atoms with van der Waals surface area (Å²) in [4.78, 5) is 15.7. The standard InChI is InChI=1S/C29H30N4O2/c1-35-26-14-12-24(13-15-26)28-27(21-33(31-28)20-22-8-4-2-5-9-22)29(34)30-18-23-16-17-32(19-23)25-10-6-3-7-11-25/h2-15,21,23H,16-20H2,1H3,(H,30,34). The molecule has 0 spiro atoms. The highest BCUT2D eigenvalue weighted by atomic mass is 16.5. The average molecular weight is 467 g/mol. The van der Waals surface area contributed by atoms with Gasteiger partial charge in [0.1, 0.15) is 11.4 Å². The van der Waals surface area contributed by atoms with E-state index in [-0.39, 0.29) is 5.91 Å². The Morgan fingerprint density at radius 1 is 1.00 bits per heavy atom. The fourth-order valence-electron chi connectivity index (χ4n) is 4.61. The summed E-state index contributed by atoms with van der Waals surface area (Å²) in [6.45, 7) is 3.21. The molecule has 4 aromatic rings. The zero-order chi connectivity index (χ0) is 24.0. The number of para-hydroxylation sites is 1. The van der Waals surface area contributed by atoms with Crippen LogP contribution in [0.2, 0.25) is 0 Å². The maximum atomic E-state index is 13.3. The molecule has 1 unspecified atom stereocenters. The lowest BCUT2D eigenvalue weighted by Crippen LogP contribution is -2.31. The van der Waals surface area contributed by atoms with E-state index in [9.17, 15) is 4.79 Å². The number of nitrogens with zero attached hydrogens (tertiary/aromatic N) is 3. The number of hydrogen-bond donors (Lipinski definition) is 1. The number of rotatable bonds is 8. The second kappa shape index (κ2) is 10.5. The molecule has 1 atom stereocenters. The zero-order valence-corrected chi connectivity index (χ0v) is 19.9. The summed E-state index contributed by atoms with van der Waals surface area (Å²) in [7, 11) is 1.64. The molecule has 2 heterocycles. The highest BCUT2D eigenvalue weighted by Crippen LogP contribution is 2.26. The van der Waals surface area contributed by atoms with Gasteiger partial charge in [0.05, 0.1) is 19.2 Å². The molecule has 1 amide bonds. The molecule has 1 aromatic heterocycles. The molecule has 1 N–H and O–H groups in total. The number of hydrogen-bond acceptors (Lipinski definition) is 4. The Morgan fingerprint density at radius 2 is 1.71 bits per heavy atom. The van der Waals surface area contributed by atoms with Crippen molar-refractivity contribution in [3.63, 3.8) is 0 Å². The fraction of sp³-hybridized carbons (Fsp3) is 0.241. The summed E-state index contributed by atoms with van der Waals surface area (Å²) in [6, 6.07) is 28.3. The lowest BCUT2D eigenvalue weighted by atomic mass is 10.1. The SMILES string of the molecule is COc1ccc(-c2nn(Cc3ccccc3)cc2C(=O)NCC2CCN(c3ccccc3)C2)cc1. The van der Waals surface area contributed by atoms with Crippen LogP contribution in [0.15, 0.2) is 91.1 Å². The summed E-state index contributed by atoms with van der Waals surface area (Å²) < 4.78 is 7.14. The molecule has 35 heavy (non-hydrogen) atoms. The number of amides is 1. The molecule has 5 rings (SSSR count). The van der Waals surface area contributed by atoms with Crippen molar-refractivity contribution in [2.24, 2.45) is 5.92 Å². The Labute approximate surface area is 206 Å². The van der Waals surface area contributed by atoms with Crippen molar-refractivity contribution >= 4 is 11.6 Å². The summed E-state index contributed by atoms with van der Waals surface area (Å²) in [5.74, 6) is 1.10. The Hall–Kier alpha value is -4.06. The first-order valence-electron chi connectivity index (χ1n) is 12.0. The molecule has 6 heteroatoms. The second-order valence-electron chi connectivity index (χ2n) is 8.95. The normalized spacial score (nSPS) is 15.2. The number of carbonyl (C=O) groups is 1. The van der Waals surface area contributed by atoms with Crippen molar-refractivity contribution in [1.29, 1.82) is 0 Å². The second-order valence-corrected chi connectivity index (χ2v) is 8.95. The third-order valence-corrected chi connectivity index (χ3v) is 6.52. The Bertz CT molecular complexity index is 1250. The van der Waals surface area contributed by atoms with Crippen LogP contribution in [0.1, 0.15) is 22.3 Å². The number of anilines is 1. The highest BCUT2D eigenvalue weighted by Gasteiger charge is 2.24. The van der Waals surface area contributed by atoms with E-state index in [1.54, 1.807) is 7.11 Å². The molecule has 1 fully saturated rings. The molecule has 6 nitrogen and oxygen atoms in total. The largest absolute Gasteiger partial charge is 0.497 e. The number of benzene rings is 3. The summed E-state index contributed by atoms with van der Waals surface area (Å²) >= 11 is 0. The van der Waals surface area contributed by atoms with E-state index >= 15 is 0 Å². The van der Waals surface area contributed by atoms with Gasteiger partial charge >= 0.3 is 0 Å². The smallest absolute Gasteiger partial charge is 0.255 e. The van der Waals surface area contributed by atoms with Crippen LogP contribution < -0.4 is 15.0 Å². The summed E-state index contributed by atoms with van der Waals surface area (Å²) in [6.07, 6.45) is 2.92. The third kappa shape index (κ3) is 5.38. The first-order valence-corrected chi connectivity index (χ1v) is 12.0. The van der Waals surface area contributed by atoms with E-state index in [1.165, 1.54) is 5.69 Å². The van der Waals surface area contributed by atoms with Gasteiger partial charge in [0.25, 0.3) is 5.91 Å². The van der Waals surface area contributed by atoms with E-state index in [1.807, 2.05) is 59.4 Å². The Kier molecular flexibility index (Phi) is 6.80. The van der Waals surface area contributed by atoms with Crippen LogP contribution in [0.5, 0.6) is 5.75 Å². The minimum atomic E-state index is -0.0895. The van der Waals surface area contributed by atoms with Gasteiger partial charge in [0.2, 0.25) is 0 Å². The zero-order valence-electron chi connectivity index (χ0n) is 19.9. The molecule has 1 saturated heterocycles. The van der Waals surface area contributed by atoms with Gasteiger partial charge in [0.15, 0.2) is 0 Å². The van der Waals surface area contributed by atoms with Gasteiger partial charge in [-0.05, 0) is 54.3 Å². The Morgan fingerprint density at radius 3 is 2.43 bits per heavy atom. The van der Waals surface area contributed by atoms with Gasteiger partial charge in [0, 0.05) is 37.1 Å². The highest BCUT2D eigenvalue weighted by molar-refractivity contribution is 5.99. The predicted molar refractivity (Wildman–Crippen MR) is 139 cm³/mol. The van der Waals surface area contributed by atoms with Crippen molar-refractivity contribution in [3.8, 4) is 17.0 Å². The number of methoxy groups -OCH3 is 1. The minimum Gasteiger partial charge on any atom is -0.497 e. The number of aromatic nitrogens is 2. The molecule has 0 saturated carbocycles. The van der Waals surface area contributed by atoms with Gasteiger partial charge in [-0.25, -0.2) is 0 Å². The summed E-state index contributed by atoms with van der Waals surface area (Å²) in [5, 5.41) is 7.97. The van der Waals surface area contributed by atoms with Gasteiger partial charge in [-0.3, -0.25) is 9.48 Å². The quantitative estimate of drug-likeness (QED) is 0.403. The minimum absolute atomic E-state index is 0.0895. The van der Waals surface area contributed by atoms with Crippen LogP contribution in [-0.2, 0) is 6.54 Å². The molecule has 178 valence electrons. The molecule has 0 aliphatic carbocycles. The monoisotopic (exact) mass is 466 g/mol. The Balaban J connectivity index is 1.31. The van der Waals surface area contributed by atoms with Crippen molar-refractivity contribution in [1.82, 2.24) is 15.1 Å². The number of ether oxygens (including phenoxy) is 1. The van der Waals surface area contributed by atoms with Crippen molar-refractivity contribution in [3.05, 3.63) is 102 Å². The molecule has 0 bridgehead atoms. The van der Waals surface area contributed by atoms with E-state index in [4.69, 9.17) is 9.84 Å². The van der Waals surface area contributed by atoms with Crippen LogP contribution in [0, 0.1) is 5.92 Å². The van der Waals surface area contributed by atoms with Gasteiger partial charge < -0.3 is 15.0 Å². The van der Waals surface area contributed by atoms with Gasteiger partial charge in [-0.1, -0.05) is 48.5 Å². The lowest BCUT2D eigenvalue weighted by Gasteiger charge is -2.18. The van der Waals surface area contributed by atoms with E-state index in [0.29, 0.717) is 30.3 Å². The molecule has 1 aliphatic rings. The van der Waals surface area contributed by atoms with Crippen molar-refractivity contribution in [2.45, 2.75) is 13.0 Å². The van der Waals surface area contributed by atoms with Gasteiger partial charge in [-0.2, -0.15) is 5.10 Å². The van der Waals surface area contributed by atoms with E-state index < -0.39 is 0 Å².